The number of nitrogens with two attached hydrogens (primary N) is 1. The van der Waals surface area contributed by atoms with Gasteiger partial charge in [0.25, 0.3) is 0 Å². The van der Waals surface area contributed by atoms with Gasteiger partial charge in [0, 0.05) is 52.0 Å². The predicted molar refractivity (Wildman–Crippen MR) is 78.1 cm³/mol. The first-order valence-electron chi connectivity index (χ1n) is 7.37. The third kappa shape index (κ3) is 4.05. The lowest BCUT2D eigenvalue weighted by molar-refractivity contribution is -0.126. The average Bonchev–Trinajstić information content (AvgIpc) is 2.88. The molecule has 0 spiro atoms. The van der Waals surface area contributed by atoms with E-state index in [4.69, 9.17) is 5.73 Å². The van der Waals surface area contributed by atoms with Gasteiger partial charge in [-0.1, -0.05) is 0 Å². The van der Waals surface area contributed by atoms with Crippen molar-refractivity contribution >= 4 is 5.91 Å². The largest absolute Gasteiger partial charge is 0.355 e. The summed E-state index contributed by atoms with van der Waals surface area (Å²) in [5, 5.41) is 2.89. The molecule has 0 aliphatic carbocycles. The molecule has 1 aromatic rings. The minimum absolute atomic E-state index is 0.108. The molecule has 0 aromatic carbocycles. The SMILES string of the molecule is Cn1ccnc1CCN1CCCC(C(=O)NCCN)C1. The van der Waals surface area contributed by atoms with E-state index in [1.54, 1.807) is 0 Å². The van der Waals surface area contributed by atoms with Crippen LogP contribution in [0.3, 0.4) is 0 Å². The number of imidazole rings is 1. The molecule has 2 rings (SSSR count). The summed E-state index contributed by atoms with van der Waals surface area (Å²) in [5.41, 5.74) is 5.42. The minimum atomic E-state index is 0.108. The summed E-state index contributed by atoms with van der Waals surface area (Å²) in [6, 6.07) is 0. The van der Waals surface area contributed by atoms with Crippen LogP contribution in [0.5, 0.6) is 0 Å². The molecule has 3 N–H and O–H groups in total. The summed E-state index contributed by atoms with van der Waals surface area (Å²) in [6.45, 7) is 3.96. The van der Waals surface area contributed by atoms with Gasteiger partial charge in [-0.2, -0.15) is 0 Å². The lowest BCUT2D eigenvalue weighted by Gasteiger charge is -2.31. The topological polar surface area (TPSA) is 76.2 Å². The smallest absolute Gasteiger partial charge is 0.224 e. The molecule has 6 heteroatoms. The zero-order valence-electron chi connectivity index (χ0n) is 12.2. The third-order valence-corrected chi connectivity index (χ3v) is 3.89. The molecule has 1 unspecified atom stereocenters. The third-order valence-electron chi connectivity index (χ3n) is 3.89. The Labute approximate surface area is 120 Å². The summed E-state index contributed by atoms with van der Waals surface area (Å²) >= 11 is 0. The van der Waals surface area contributed by atoms with Crippen LogP contribution in [0.1, 0.15) is 18.7 Å². The van der Waals surface area contributed by atoms with Crippen molar-refractivity contribution in [2.45, 2.75) is 19.3 Å². The average molecular weight is 279 g/mol. The Morgan fingerprint density at radius 3 is 3.15 bits per heavy atom. The van der Waals surface area contributed by atoms with E-state index < -0.39 is 0 Å². The van der Waals surface area contributed by atoms with Gasteiger partial charge in [-0.05, 0) is 19.4 Å². The highest BCUT2D eigenvalue weighted by atomic mass is 16.1. The number of aryl methyl sites for hydroxylation is 1. The molecule has 2 heterocycles. The molecule has 1 aliphatic heterocycles. The number of piperidine rings is 1. The predicted octanol–water partition coefficient (Wildman–Crippen LogP) is -0.250. The fraction of sp³-hybridized carbons (Fsp3) is 0.714. The number of hydrogen-bond acceptors (Lipinski definition) is 4. The molecule has 0 bridgehead atoms. The zero-order valence-corrected chi connectivity index (χ0v) is 12.2. The first-order valence-corrected chi connectivity index (χ1v) is 7.37. The van der Waals surface area contributed by atoms with E-state index >= 15 is 0 Å². The van der Waals surface area contributed by atoms with Crippen molar-refractivity contribution in [2.24, 2.45) is 18.7 Å². The van der Waals surface area contributed by atoms with Crippen LogP contribution in [0, 0.1) is 5.92 Å². The fourth-order valence-electron chi connectivity index (χ4n) is 2.71. The van der Waals surface area contributed by atoms with Crippen molar-refractivity contribution in [3.05, 3.63) is 18.2 Å². The molecule has 1 saturated heterocycles. The highest BCUT2D eigenvalue weighted by molar-refractivity contribution is 5.78. The molecule has 1 amide bonds. The second kappa shape index (κ2) is 7.40. The van der Waals surface area contributed by atoms with Crippen molar-refractivity contribution < 1.29 is 4.79 Å². The molecular weight excluding hydrogens is 254 g/mol. The molecule has 1 atom stereocenters. The van der Waals surface area contributed by atoms with Crippen molar-refractivity contribution in [1.82, 2.24) is 19.8 Å². The normalized spacial score (nSPS) is 20.0. The number of aromatic nitrogens is 2. The van der Waals surface area contributed by atoms with E-state index in [9.17, 15) is 4.79 Å². The van der Waals surface area contributed by atoms with Crippen LogP contribution >= 0.6 is 0 Å². The van der Waals surface area contributed by atoms with Crippen LogP contribution in [-0.2, 0) is 18.3 Å². The van der Waals surface area contributed by atoms with Gasteiger partial charge in [-0.3, -0.25) is 4.79 Å². The maximum atomic E-state index is 12.0. The minimum Gasteiger partial charge on any atom is -0.355 e. The van der Waals surface area contributed by atoms with Crippen molar-refractivity contribution in [1.29, 1.82) is 0 Å². The molecule has 1 aromatic heterocycles. The summed E-state index contributed by atoms with van der Waals surface area (Å²) in [7, 11) is 2.02. The second-order valence-corrected chi connectivity index (χ2v) is 5.42. The number of amides is 1. The van der Waals surface area contributed by atoms with E-state index in [0.29, 0.717) is 13.1 Å². The van der Waals surface area contributed by atoms with Crippen LogP contribution in [0.15, 0.2) is 12.4 Å². The molecule has 1 fully saturated rings. The van der Waals surface area contributed by atoms with E-state index in [2.05, 4.69) is 19.8 Å². The number of likely N-dealkylation sites (tertiary alicyclic amines) is 1. The van der Waals surface area contributed by atoms with Crippen LogP contribution in [0.25, 0.3) is 0 Å². The van der Waals surface area contributed by atoms with E-state index in [1.807, 2.05) is 19.4 Å². The van der Waals surface area contributed by atoms with Gasteiger partial charge in [0.15, 0.2) is 0 Å². The van der Waals surface area contributed by atoms with Crippen LogP contribution in [-0.4, -0.2) is 53.1 Å². The van der Waals surface area contributed by atoms with Crippen molar-refractivity contribution in [3.8, 4) is 0 Å². The number of carbonyl (C=O) groups is 1. The molecule has 0 radical (unpaired) electrons. The van der Waals surface area contributed by atoms with Crippen molar-refractivity contribution in [2.75, 3.05) is 32.7 Å². The van der Waals surface area contributed by atoms with E-state index in [1.165, 1.54) is 0 Å². The highest BCUT2D eigenvalue weighted by Gasteiger charge is 2.25. The first kappa shape index (κ1) is 15.0. The summed E-state index contributed by atoms with van der Waals surface area (Å²) in [6.07, 6.45) is 6.79. The van der Waals surface area contributed by atoms with Gasteiger partial charge in [-0.15, -0.1) is 0 Å². The monoisotopic (exact) mass is 279 g/mol. The Hall–Kier alpha value is -1.40. The van der Waals surface area contributed by atoms with Crippen LogP contribution < -0.4 is 11.1 Å². The number of carbonyl (C=O) groups excluding carboxylic acids is 1. The van der Waals surface area contributed by atoms with Gasteiger partial charge < -0.3 is 20.5 Å². The van der Waals surface area contributed by atoms with Gasteiger partial charge in [0.1, 0.15) is 5.82 Å². The van der Waals surface area contributed by atoms with Gasteiger partial charge in [0.2, 0.25) is 5.91 Å². The maximum Gasteiger partial charge on any atom is 0.224 e. The molecule has 1 aliphatic rings. The second-order valence-electron chi connectivity index (χ2n) is 5.42. The first-order chi connectivity index (χ1) is 9.70. The fourth-order valence-corrected chi connectivity index (χ4v) is 2.71. The highest BCUT2D eigenvalue weighted by Crippen LogP contribution is 2.16. The van der Waals surface area contributed by atoms with Crippen LogP contribution in [0.2, 0.25) is 0 Å². The maximum absolute atomic E-state index is 12.0. The Kier molecular flexibility index (Phi) is 5.55. The van der Waals surface area contributed by atoms with E-state index in [0.717, 1.165) is 44.7 Å². The standard InChI is InChI=1S/C14H25N5O/c1-18-10-7-16-13(18)4-9-19-8-2-3-12(11-19)14(20)17-6-5-15/h7,10,12H,2-6,8-9,11,15H2,1H3,(H,17,20). The number of nitrogens with one attached hydrogen (secondary N) is 1. The molecular formula is C14H25N5O. The molecule has 6 nitrogen and oxygen atoms in total. The summed E-state index contributed by atoms with van der Waals surface area (Å²) < 4.78 is 2.05. The number of nitrogens with zero attached hydrogens (tertiary/aromatic N) is 3. The van der Waals surface area contributed by atoms with Gasteiger partial charge >= 0.3 is 0 Å². The van der Waals surface area contributed by atoms with Crippen molar-refractivity contribution in [3.63, 3.8) is 0 Å². The Morgan fingerprint density at radius 1 is 1.60 bits per heavy atom. The zero-order chi connectivity index (χ0) is 14.4. The lowest BCUT2D eigenvalue weighted by Crippen LogP contribution is -2.44. The quantitative estimate of drug-likeness (QED) is 0.753. The summed E-state index contributed by atoms with van der Waals surface area (Å²) in [5.74, 6) is 1.36. The van der Waals surface area contributed by atoms with Gasteiger partial charge in [0.05, 0.1) is 5.92 Å². The summed E-state index contributed by atoms with van der Waals surface area (Å²) in [4.78, 5) is 18.7. The Bertz CT molecular complexity index is 431. The molecule has 112 valence electrons. The lowest BCUT2D eigenvalue weighted by atomic mass is 9.97. The van der Waals surface area contributed by atoms with Crippen LogP contribution in [0.4, 0.5) is 0 Å². The Balaban J connectivity index is 1.78. The number of hydrogen-bond donors (Lipinski definition) is 2. The van der Waals surface area contributed by atoms with Gasteiger partial charge in [-0.25, -0.2) is 4.98 Å². The molecule has 0 saturated carbocycles. The Morgan fingerprint density at radius 2 is 2.45 bits per heavy atom. The number of rotatable bonds is 6. The molecule has 20 heavy (non-hydrogen) atoms. The van der Waals surface area contributed by atoms with E-state index in [-0.39, 0.29) is 11.8 Å².